The molecule has 0 bridgehead atoms. The normalized spacial score (nSPS) is 23.3. The molecule has 1 saturated heterocycles. The molecule has 1 aliphatic heterocycles. The van der Waals surface area contributed by atoms with E-state index in [9.17, 15) is 4.79 Å². The molecule has 2 N–H and O–H groups in total. The first-order valence-corrected chi connectivity index (χ1v) is 5.42. The maximum absolute atomic E-state index is 11.6. The smallest absolute Gasteiger partial charge is 0.246 e. The van der Waals surface area contributed by atoms with Gasteiger partial charge in [-0.2, -0.15) is 0 Å². The molecule has 80 valence electrons. The van der Waals surface area contributed by atoms with Crippen molar-refractivity contribution in [3.8, 4) is 0 Å². The standard InChI is InChI=1S/C11H20N2O/c1-3-5-9(2)11(14)13-10-6-4-7-12-8-10/h5,10,12H,3-4,6-8H2,1-2H3,(H,13,14)/b9-5-. The van der Waals surface area contributed by atoms with Crippen molar-refractivity contribution in [1.82, 2.24) is 10.6 Å². The Morgan fingerprint density at radius 1 is 1.64 bits per heavy atom. The van der Waals surface area contributed by atoms with Gasteiger partial charge in [0.15, 0.2) is 0 Å². The summed E-state index contributed by atoms with van der Waals surface area (Å²) in [5.74, 6) is 0.0838. The van der Waals surface area contributed by atoms with Crippen LogP contribution in [0.4, 0.5) is 0 Å². The van der Waals surface area contributed by atoms with E-state index in [0.717, 1.165) is 37.9 Å². The van der Waals surface area contributed by atoms with E-state index in [1.807, 2.05) is 19.9 Å². The lowest BCUT2D eigenvalue weighted by atomic mass is 10.1. The number of hydrogen-bond acceptors (Lipinski definition) is 2. The summed E-state index contributed by atoms with van der Waals surface area (Å²) in [6.07, 6.45) is 5.13. The molecule has 0 radical (unpaired) electrons. The molecular formula is C11H20N2O. The van der Waals surface area contributed by atoms with Gasteiger partial charge < -0.3 is 10.6 Å². The lowest BCUT2D eigenvalue weighted by Gasteiger charge is -2.23. The second-order valence-electron chi connectivity index (χ2n) is 3.81. The Kier molecular flexibility index (Phi) is 4.66. The monoisotopic (exact) mass is 196 g/mol. The minimum Gasteiger partial charge on any atom is -0.348 e. The molecule has 0 aromatic rings. The van der Waals surface area contributed by atoms with Crippen LogP contribution in [0.5, 0.6) is 0 Å². The number of hydrogen-bond donors (Lipinski definition) is 2. The quantitative estimate of drug-likeness (QED) is 0.666. The predicted octanol–water partition coefficient (Wildman–Crippen LogP) is 1.21. The number of amides is 1. The van der Waals surface area contributed by atoms with Crippen LogP contribution in [0, 0.1) is 0 Å². The van der Waals surface area contributed by atoms with Crippen molar-refractivity contribution in [3.63, 3.8) is 0 Å². The van der Waals surface area contributed by atoms with Crippen LogP contribution in [0.25, 0.3) is 0 Å². The van der Waals surface area contributed by atoms with Crippen molar-refractivity contribution in [2.45, 2.75) is 39.2 Å². The summed E-state index contributed by atoms with van der Waals surface area (Å²) in [4.78, 5) is 11.6. The van der Waals surface area contributed by atoms with Crippen molar-refractivity contribution in [1.29, 1.82) is 0 Å². The number of carbonyl (C=O) groups is 1. The zero-order valence-electron chi connectivity index (χ0n) is 9.10. The molecule has 1 rings (SSSR count). The summed E-state index contributed by atoms with van der Waals surface area (Å²) in [6.45, 7) is 5.90. The van der Waals surface area contributed by atoms with Crippen LogP contribution in [-0.2, 0) is 4.79 Å². The Labute approximate surface area is 86.0 Å². The minimum absolute atomic E-state index is 0.0838. The van der Waals surface area contributed by atoms with Crippen molar-refractivity contribution >= 4 is 5.91 Å². The van der Waals surface area contributed by atoms with E-state index in [2.05, 4.69) is 10.6 Å². The molecule has 1 amide bonds. The largest absolute Gasteiger partial charge is 0.348 e. The Morgan fingerprint density at radius 3 is 3.00 bits per heavy atom. The van der Waals surface area contributed by atoms with Gasteiger partial charge in [-0.15, -0.1) is 0 Å². The van der Waals surface area contributed by atoms with Gasteiger partial charge in [-0.25, -0.2) is 0 Å². The summed E-state index contributed by atoms with van der Waals surface area (Å²) in [5.41, 5.74) is 0.832. The Hall–Kier alpha value is -0.830. The molecule has 1 heterocycles. The molecule has 1 fully saturated rings. The van der Waals surface area contributed by atoms with Crippen molar-refractivity contribution < 1.29 is 4.79 Å². The van der Waals surface area contributed by atoms with Gasteiger partial charge in [-0.3, -0.25) is 4.79 Å². The number of rotatable bonds is 3. The molecular weight excluding hydrogens is 176 g/mol. The highest BCUT2D eigenvalue weighted by molar-refractivity contribution is 5.92. The minimum atomic E-state index is 0.0838. The topological polar surface area (TPSA) is 41.1 Å². The molecule has 1 aliphatic rings. The second kappa shape index (κ2) is 5.81. The predicted molar refractivity (Wildman–Crippen MR) is 58.1 cm³/mol. The molecule has 14 heavy (non-hydrogen) atoms. The van der Waals surface area contributed by atoms with Crippen molar-refractivity contribution in [3.05, 3.63) is 11.6 Å². The Balaban J connectivity index is 2.35. The van der Waals surface area contributed by atoms with Gasteiger partial charge in [0.2, 0.25) is 5.91 Å². The van der Waals surface area contributed by atoms with Crippen molar-refractivity contribution in [2.24, 2.45) is 0 Å². The van der Waals surface area contributed by atoms with Crippen LogP contribution in [0.2, 0.25) is 0 Å². The zero-order chi connectivity index (χ0) is 10.4. The van der Waals surface area contributed by atoms with Crippen LogP contribution < -0.4 is 10.6 Å². The fraction of sp³-hybridized carbons (Fsp3) is 0.727. The van der Waals surface area contributed by atoms with Crippen LogP contribution in [0.1, 0.15) is 33.1 Å². The van der Waals surface area contributed by atoms with Gasteiger partial charge in [-0.1, -0.05) is 13.0 Å². The average molecular weight is 196 g/mol. The molecule has 1 unspecified atom stereocenters. The maximum Gasteiger partial charge on any atom is 0.246 e. The highest BCUT2D eigenvalue weighted by Gasteiger charge is 2.15. The van der Waals surface area contributed by atoms with E-state index < -0.39 is 0 Å². The number of nitrogens with one attached hydrogen (secondary N) is 2. The third kappa shape index (κ3) is 3.50. The molecule has 0 aromatic heterocycles. The van der Waals surface area contributed by atoms with E-state index in [4.69, 9.17) is 0 Å². The Bertz CT molecular complexity index is 217. The third-order valence-electron chi connectivity index (χ3n) is 2.50. The molecule has 3 heteroatoms. The first-order valence-electron chi connectivity index (χ1n) is 5.42. The third-order valence-corrected chi connectivity index (χ3v) is 2.50. The fourth-order valence-corrected chi connectivity index (χ4v) is 1.67. The van der Waals surface area contributed by atoms with Gasteiger partial charge in [-0.05, 0) is 32.7 Å². The van der Waals surface area contributed by atoms with Crippen molar-refractivity contribution in [2.75, 3.05) is 13.1 Å². The second-order valence-corrected chi connectivity index (χ2v) is 3.81. The first-order chi connectivity index (χ1) is 6.74. The molecule has 0 spiro atoms. The van der Waals surface area contributed by atoms with Gasteiger partial charge >= 0.3 is 0 Å². The SMILES string of the molecule is CC/C=C(/C)C(=O)NC1CCCNC1. The fourth-order valence-electron chi connectivity index (χ4n) is 1.67. The number of allylic oxidation sites excluding steroid dienone is 1. The van der Waals surface area contributed by atoms with Gasteiger partial charge in [0.1, 0.15) is 0 Å². The summed E-state index contributed by atoms with van der Waals surface area (Å²) in [6, 6.07) is 0.316. The molecule has 1 atom stereocenters. The summed E-state index contributed by atoms with van der Waals surface area (Å²) < 4.78 is 0. The van der Waals surface area contributed by atoms with E-state index in [1.165, 1.54) is 0 Å². The summed E-state index contributed by atoms with van der Waals surface area (Å²) in [5, 5.41) is 6.31. The highest BCUT2D eigenvalue weighted by atomic mass is 16.1. The Morgan fingerprint density at radius 2 is 2.43 bits per heavy atom. The van der Waals surface area contributed by atoms with E-state index in [-0.39, 0.29) is 5.91 Å². The molecule has 0 aromatic carbocycles. The zero-order valence-corrected chi connectivity index (χ0v) is 9.10. The van der Waals surface area contributed by atoms with Crippen LogP contribution in [0.15, 0.2) is 11.6 Å². The lowest BCUT2D eigenvalue weighted by molar-refractivity contribution is -0.118. The summed E-state index contributed by atoms with van der Waals surface area (Å²) >= 11 is 0. The van der Waals surface area contributed by atoms with E-state index in [1.54, 1.807) is 0 Å². The van der Waals surface area contributed by atoms with Crippen LogP contribution in [-0.4, -0.2) is 25.0 Å². The highest BCUT2D eigenvalue weighted by Crippen LogP contribution is 2.03. The van der Waals surface area contributed by atoms with Gasteiger partial charge in [0.05, 0.1) is 0 Å². The van der Waals surface area contributed by atoms with Gasteiger partial charge in [0.25, 0.3) is 0 Å². The van der Waals surface area contributed by atoms with Crippen LogP contribution in [0.3, 0.4) is 0 Å². The molecule has 0 saturated carbocycles. The average Bonchev–Trinajstić information content (AvgIpc) is 2.19. The maximum atomic E-state index is 11.6. The van der Waals surface area contributed by atoms with E-state index in [0.29, 0.717) is 6.04 Å². The number of piperidine rings is 1. The lowest BCUT2D eigenvalue weighted by Crippen LogP contribution is -2.45. The molecule has 3 nitrogen and oxygen atoms in total. The van der Waals surface area contributed by atoms with Gasteiger partial charge in [0, 0.05) is 18.2 Å². The van der Waals surface area contributed by atoms with E-state index >= 15 is 0 Å². The van der Waals surface area contributed by atoms with Crippen LogP contribution >= 0.6 is 0 Å². The molecule has 0 aliphatic carbocycles. The first kappa shape index (κ1) is 11.2. The number of carbonyl (C=O) groups excluding carboxylic acids is 1. The summed E-state index contributed by atoms with van der Waals surface area (Å²) in [7, 11) is 0.